The zero-order valence-electron chi connectivity index (χ0n) is 9.86. The van der Waals surface area contributed by atoms with E-state index in [2.05, 4.69) is 29.1 Å². The molecule has 0 unspecified atom stereocenters. The van der Waals surface area contributed by atoms with E-state index in [1.807, 2.05) is 19.3 Å². The minimum atomic E-state index is 0.544. The maximum Gasteiger partial charge on any atom is 0.149 e. The number of nitrogens with zero attached hydrogens (tertiary/aromatic N) is 3. The molecule has 0 aliphatic heterocycles. The van der Waals surface area contributed by atoms with Crippen molar-refractivity contribution in [2.24, 2.45) is 13.0 Å². The van der Waals surface area contributed by atoms with E-state index in [1.54, 1.807) is 4.68 Å². The standard InChI is InChI=1S/C11H17N5/c1-7(2)6-8-10(13-14-11(8)12)9-4-5-16(3)15-9/h4-5,7H,6H2,1-3H3,(H3,12,13,14). The van der Waals surface area contributed by atoms with Gasteiger partial charge in [0.25, 0.3) is 0 Å². The van der Waals surface area contributed by atoms with Crippen molar-refractivity contribution in [3.8, 4) is 11.4 Å². The first kappa shape index (κ1) is 10.7. The number of aromatic amines is 1. The van der Waals surface area contributed by atoms with Gasteiger partial charge in [0.1, 0.15) is 11.5 Å². The molecule has 0 fully saturated rings. The van der Waals surface area contributed by atoms with Crippen LogP contribution in [0.4, 0.5) is 5.82 Å². The van der Waals surface area contributed by atoms with Gasteiger partial charge in [-0.05, 0) is 18.4 Å². The third-order valence-corrected chi connectivity index (χ3v) is 2.48. The molecule has 0 aliphatic rings. The summed E-state index contributed by atoms with van der Waals surface area (Å²) in [4.78, 5) is 0. The number of nitrogens with one attached hydrogen (secondary N) is 1. The molecular formula is C11H17N5. The number of nitrogen functional groups attached to an aromatic ring is 1. The zero-order valence-corrected chi connectivity index (χ0v) is 9.86. The number of hydrogen-bond acceptors (Lipinski definition) is 3. The molecule has 0 saturated carbocycles. The van der Waals surface area contributed by atoms with Crippen LogP contribution in [0.25, 0.3) is 11.4 Å². The van der Waals surface area contributed by atoms with Crippen LogP contribution in [0.2, 0.25) is 0 Å². The Labute approximate surface area is 94.7 Å². The van der Waals surface area contributed by atoms with Crippen LogP contribution in [-0.4, -0.2) is 20.0 Å². The Morgan fingerprint density at radius 1 is 1.50 bits per heavy atom. The molecule has 0 radical (unpaired) electrons. The molecule has 3 N–H and O–H groups in total. The molecule has 2 rings (SSSR count). The van der Waals surface area contributed by atoms with Gasteiger partial charge in [-0.15, -0.1) is 0 Å². The van der Waals surface area contributed by atoms with E-state index in [-0.39, 0.29) is 0 Å². The minimum absolute atomic E-state index is 0.544. The number of H-pyrrole nitrogens is 1. The summed E-state index contributed by atoms with van der Waals surface area (Å²) in [6.07, 6.45) is 2.82. The van der Waals surface area contributed by atoms with Crippen LogP contribution in [-0.2, 0) is 13.5 Å². The monoisotopic (exact) mass is 219 g/mol. The first-order valence-electron chi connectivity index (χ1n) is 5.40. The lowest BCUT2D eigenvalue weighted by Gasteiger charge is -2.04. The summed E-state index contributed by atoms with van der Waals surface area (Å²) in [6.45, 7) is 4.32. The fourth-order valence-corrected chi connectivity index (χ4v) is 1.75. The van der Waals surface area contributed by atoms with Crippen molar-refractivity contribution < 1.29 is 0 Å². The van der Waals surface area contributed by atoms with Gasteiger partial charge in [-0.3, -0.25) is 9.78 Å². The number of rotatable bonds is 3. The second kappa shape index (κ2) is 4.00. The Bertz CT molecular complexity index is 480. The van der Waals surface area contributed by atoms with Crippen molar-refractivity contribution in [2.45, 2.75) is 20.3 Å². The highest BCUT2D eigenvalue weighted by Crippen LogP contribution is 2.25. The van der Waals surface area contributed by atoms with E-state index in [4.69, 9.17) is 5.73 Å². The molecule has 16 heavy (non-hydrogen) atoms. The van der Waals surface area contributed by atoms with Crippen molar-refractivity contribution in [1.82, 2.24) is 20.0 Å². The van der Waals surface area contributed by atoms with E-state index in [0.29, 0.717) is 11.7 Å². The average molecular weight is 219 g/mol. The molecular weight excluding hydrogens is 202 g/mol. The maximum absolute atomic E-state index is 5.86. The van der Waals surface area contributed by atoms with Gasteiger partial charge in [0.05, 0.1) is 5.69 Å². The van der Waals surface area contributed by atoms with Crippen molar-refractivity contribution in [2.75, 3.05) is 5.73 Å². The Hall–Kier alpha value is -1.78. The quantitative estimate of drug-likeness (QED) is 0.823. The Morgan fingerprint density at radius 3 is 2.81 bits per heavy atom. The summed E-state index contributed by atoms with van der Waals surface area (Å²) >= 11 is 0. The summed E-state index contributed by atoms with van der Waals surface area (Å²) in [5.41, 5.74) is 8.75. The molecule has 2 aromatic rings. The van der Waals surface area contributed by atoms with Crippen LogP contribution in [0.15, 0.2) is 12.3 Å². The Morgan fingerprint density at radius 2 is 2.25 bits per heavy atom. The van der Waals surface area contributed by atoms with Gasteiger partial charge < -0.3 is 5.73 Å². The highest BCUT2D eigenvalue weighted by Gasteiger charge is 2.15. The predicted molar refractivity (Wildman–Crippen MR) is 63.7 cm³/mol. The van der Waals surface area contributed by atoms with E-state index in [1.165, 1.54) is 0 Å². The molecule has 0 aromatic carbocycles. The predicted octanol–water partition coefficient (Wildman–Crippen LogP) is 1.59. The number of anilines is 1. The van der Waals surface area contributed by atoms with Gasteiger partial charge in [-0.2, -0.15) is 10.2 Å². The zero-order chi connectivity index (χ0) is 11.7. The van der Waals surface area contributed by atoms with Crippen molar-refractivity contribution in [3.05, 3.63) is 17.8 Å². The van der Waals surface area contributed by atoms with E-state index in [0.717, 1.165) is 23.4 Å². The molecule has 86 valence electrons. The molecule has 0 spiro atoms. The lowest BCUT2D eigenvalue weighted by atomic mass is 10.0. The van der Waals surface area contributed by atoms with E-state index >= 15 is 0 Å². The van der Waals surface area contributed by atoms with Gasteiger partial charge in [-0.25, -0.2) is 0 Å². The first-order chi connectivity index (χ1) is 7.58. The second-order valence-electron chi connectivity index (χ2n) is 4.44. The van der Waals surface area contributed by atoms with E-state index in [9.17, 15) is 0 Å². The Kier molecular flexibility index (Phi) is 2.68. The summed E-state index contributed by atoms with van der Waals surface area (Å²) in [5, 5.41) is 11.4. The van der Waals surface area contributed by atoms with Crippen LogP contribution in [0.1, 0.15) is 19.4 Å². The summed E-state index contributed by atoms with van der Waals surface area (Å²) in [7, 11) is 1.89. The molecule has 0 saturated heterocycles. The molecule has 0 bridgehead atoms. The number of nitrogens with two attached hydrogens (primary N) is 1. The van der Waals surface area contributed by atoms with Crippen LogP contribution < -0.4 is 5.73 Å². The normalized spacial score (nSPS) is 11.2. The van der Waals surface area contributed by atoms with Crippen LogP contribution >= 0.6 is 0 Å². The molecule has 2 heterocycles. The van der Waals surface area contributed by atoms with Crippen molar-refractivity contribution >= 4 is 5.82 Å². The third-order valence-electron chi connectivity index (χ3n) is 2.48. The fraction of sp³-hybridized carbons (Fsp3) is 0.455. The first-order valence-corrected chi connectivity index (χ1v) is 5.40. The molecule has 0 aliphatic carbocycles. The molecule has 5 heteroatoms. The highest BCUT2D eigenvalue weighted by atomic mass is 15.3. The smallest absolute Gasteiger partial charge is 0.149 e. The SMILES string of the molecule is CC(C)Cc1c(N)n[nH]c1-c1ccn(C)n1. The molecule has 5 nitrogen and oxygen atoms in total. The van der Waals surface area contributed by atoms with Gasteiger partial charge >= 0.3 is 0 Å². The number of hydrogen-bond donors (Lipinski definition) is 2. The second-order valence-corrected chi connectivity index (χ2v) is 4.44. The summed E-state index contributed by atoms with van der Waals surface area (Å²) in [6, 6.07) is 1.96. The lowest BCUT2D eigenvalue weighted by Crippen LogP contribution is -1.99. The number of aromatic nitrogens is 4. The molecule has 2 aromatic heterocycles. The fourth-order valence-electron chi connectivity index (χ4n) is 1.75. The van der Waals surface area contributed by atoms with Crippen molar-refractivity contribution in [1.29, 1.82) is 0 Å². The molecule has 0 atom stereocenters. The van der Waals surface area contributed by atoms with Crippen molar-refractivity contribution in [3.63, 3.8) is 0 Å². The highest BCUT2D eigenvalue weighted by molar-refractivity contribution is 5.64. The van der Waals surface area contributed by atoms with Gasteiger partial charge in [0.15, 0.2) is 0 Å². The maximum atomic E-state index is 5.86. The van der Waals surface area contributed by atoms with E-state index < -0.39 is 0 Å². The number of aryl methyl sites for hydroxylation is 1. The average Bonchev–Trinajstić information content (AvgIpc) is 2.75. The van der Waals surface area contributed by atoms with Gasteiger partial charge in [0.2, 0.25) is 0 Å². The molecule has 0 amide bonds. The van der Waals surface area contributed by atoms with Gasteiger partial charge in [-0.1, -0.05) is 13.8 Å². The lowest BCUT2D eigenvalue weighted by molar-refractivity contribution is 0.649. The van der Waals surface area contributed by atoms with Gasteiger partial charge in [0, 0.05) is 18.8 Å². The summed E-state index contributed by atoms with van der Waals surface area (Å²) < 4.78 is 1.77. The third kappa shape index (κ3) is 1.93. The van der Waals surface area contributed by atoms with Crippen LogP contribution in [0.3, 0.4) is 0 Å². The van der Waals surface area contributed by atoms with Crippen LogP contribution in [0, 0.1) is 5.92 Å². The largest absolute Gasteiger partial charge is 0.382 e. The summed E-state index contributed by atoms with van der Waals surface area (Å²) in [5.74, 6) is 1.12. The topological polar surface area (TPSA) is 72.5 Å². The van der Waals surface area contributed by atoms with Crippen LogP contribution in [0.5, 0.6) is 0 Å². The Balaban J connectivity index is 2.41. The minimum Gasteiger partial charge on any atom is -0.382 e.